The molecule has 31 heavy (non-hydrogen) atoms. The van der Waals surface area contributed by atoms with Gasteiger partial charge in [0.05, 0.1) is 21.5 Å². The zero-order valence-electron chi connectivity index (χ0n) is 18.5. The second-order valence-electron chi connectivity index (χ2n) is 8.18. The van der Waals surface area contributed by atoms with Crippen molar-refractivity contribution in [1.82, 2.24) is 24.0 Å². The number of carbonyl (C=O) groups excluding carboxylic acids is 1. The van der Waals surface area contributed by atoms with Crippen LogP contribution in [0.3, 0.4) is 0 Å². The van der Waals surface area contributed by atoms with Crippen molar-refractivity contribution in [1.29, 1.82) is 0 Å². The van der Waals surface area contributed by atoms with Crippen molar-refractivity contribution >= 4 is 27.0 Å². The SMILES string of the molecule is Cc1ccc(C)c(S(=O)(=O)N2CCN(C(=O)c3cc(C)nc4c3c(C)nn4C)CC2)c1. The standard InChI is InChI=1S/C22H27N5O3S/c1-14-6-7-15(2)19(12-14)31(29,30)27-10-8-26(9-11-27)22(28)18-13-16(3)23-21-20(18)17(4)24-25(21)5/h6-7,12-13H,8-11H2,1-5H3. The Kier molecular flexibility index (Phi) is 5.35. The molecule has 0 saturated carbocycles. The lowest BCUT2D eigenvalue weighted by atomic mass is 10.1. The zero-order chi connectivity index (χ0) is 22.5. The number of aryl methyl sites for hydroxylation is 5. The maximum absolute atomic E-state index is 13.3. The fraction of sp³-hybridized carbons (Fsp3) is 0.409. The van der Waals surface area contributed by atoms with Gasteiger partial charge >= 0.3 is 0 Å². The fourth-order valence-corrected chi connectivity index (χ4v) is 5.90. The van der Waals surface area contributed by atoms with E-state index in [-0.39, 0.29) is 19.0 Å². The second-order valence-corrected chi connectivity index (χ2v) is 10.1. The van der Waals surface area contributed by atoms with Gasteiger partial charge in [0.1, 0.15) is 0 Å². The van der Waals surface area contributed by atoms with Crippen LogP contribution in [0, 0.1) is 27.7 Å². The number of aromatic nitrogens is 3. The maximum Gasteiger partial charge on any atom is 0.254 e. The van der Waals surface area contributed by atoms with Gasteiger partial charge in [-0.15, -0.1) is 0 Å². The van der Waals surface area contributed by atoms with Crippen LogP contribution in [0.25, 0.3) is 11.0 Å². The fourth-order valence-electron chi connectivity index (χ4n) is 4.16. The Morgan fingerprint density at radius 3 is 2.35 bits per heavy atom. The molecule has 164 valence electrons. The number of rotatable bonds is 3. The number of fused-ring (bicyclic) bond motifs is 1. The van der Waals surface area contributed by atoms with Crippen molar-refractivity contribution in [3.05, 3.63) is 52.3 Å². The molecule has 0 radical (unpaired) electrons. The molecule has 1 aliphatic rings. The monoisotopic (exact) mass is 441 g/mol. The van der Waals surface area contributed by atoms with E-state index in [0.717, 1.165) is 27.9 Å². The summed E-state index contributed by atoms with van der Waals surface area (Å²) in [5.74, 6) is -0.115. The predicted molar refractivity (Wildman–Crippen MR) is 119 cm³/mol. The topological polar surface area (TPSA) is 88.4 Å². The summed E-state index contributed by atoms with van der Waals surface area (Å²) in [6.45, 7) is 8.61. The van der Waals surface area contributed by atoms with E-state index < -0.39 is 10.0 Å². The molecular formula is C22H27N5O3S. The minimum atomic E-state index is -3.60. The molecule has 3 aromatic rings. The van der Waals surface area contributed by atoms with Crippen LogP contribution in [-0.4, -0.2) is 64.5 Å². The molecule has 0 spiro atoms. The van der Waals surface area contributed by atoms with Gasteiger partial charge in [-0.05, 0) is 51.0 Å². The van der Waals surface area contributed by atoms with Crippen LogP contribution in [-0.2, 0) is 17.1 Å². The molecule has 0 unspecified atom stereocenters. The molecule has 0 atom stereocenters. The quantitative estimate of drug-likeness (QED) is 0.623. The van der Waals surface area contributed by atoms with E-state index >= 15 is 0 Å². The lowest BCUT2D eigenvalue weighted by Crippen LogP contribution is -2.50. The highest BCUT2D eigenvalue weighted by atomic mass is 32.2. The van der Waals surface area contributed by atoms with Crippen LogP contribution in [0.2, 0.25) is 0 Å². The highest BCUT2D eigenvalue weighted by Gasteiger charge is 2.32. The first-order valence-corrected chi connectivity index (χ1v) is 11.7. The number of hydrogen-bond donors (Lipinski definition) is 0. The average Bonchev–Trinajstić information content (AvgIpc) is 3.02. The Hall–Kier alpha value is -2.78. The van der Waals surface area contributed by atoms with Crippen LogP contribution in [0.15, 0.2) is 29.2 Å². The molecule has 0 N–H and O–H groups in total. The Balaban J connectivity index is 1.58. The van der Waals surface area contributed by atoms with Crippen LogP contribution < -0.4 is 0 Å². The Morgan fingerprint density at radius 1 is 1.00 bits per heavy atom. The zero-order valence-corrected chi connectivity index (χ0v) is 19.3. The van der Waals surface area contributed by atoms with Crippen molar-refractivity contribution in [2.24, 2.45) is 7.05 Å². The van der Waals surface area contributed by atoms with Gasteiger partial charge in [0.2, 0.25) is 10.0 Å². The van der Waals surface area contributed by atoms with E-state index in [2.05, 4.69) is 10.1 Å². The van der Waals surface area contributed by atoms with Crippen molar-refractivity contribution in [2.75, 3.05) is 26.2 Å². The van der Waals surface area contributed by atoms with E-state index in [1.165, 1.54) is 4.31 Å². The first-order valence-electron chi connectivity index (χ1n) is 10.3. The number of sulfonamides is 1. The Morgan fingerprint density at radius 2 is 1.68 bits per heavy atom. The molecule has 3 heterocycles. The molecule has 1 amide bonds. The largest absolute Gasteiger partial charge is 0.336 e. The van der Waals surface area contributed by atoms with Gasteiger partial charge in [-0.1, -0.05) is 12.1 Å². The number of hydrogen-bond acceptors (Lipinski definition) is 5. The lowest BCUT2D eigenvalue weighted by Gasteiger charge is -2.34. The molecule has 9 heteroatoms. The van der Waals surface area contributed by atoms with Crippen LogP contribution in [0.5, 0.6) is 0 Å². The molecule has 8 nitrogen and oxygen atoms in total. The number of carbonyl (C=O) groups is 1. The summed E-state index contributed by atoms with van der Waals surface area (Å²) in [5, 5.41) is 5.16. The summed E-state index contributed by atoms with van der Waals surface area (Å²) in [6, 6.07) is 7.24. The molecule has 0 aliphatic carbocycles. The normalized spacial score (nSPS) is 15.6. The van der Waals surface area contributed by atoms with E-state index in [1.807, 2.05) is 40.0 Å². The van der Waals surface area contributed by atoms with Gasteiger partial charge in [-0.25, -0.2) is 13.4 Å². The minimum Gasteiger partial charge on any atom is -0.336 e. The maximum atomic E-state index is 13.3. The summed E-state index contributed by atoms with van der Waals surface area (Å²) in [7, 11) is -1.79. The van der Waals surface area contributed by atoms with Gasteiger partial charge in [-0.2, -0.15) is 9.40 Å². The van der Waals surface area contributed by atoms with Gasteiger partial charge in [0.15, 0.2) is 5.65 Å². The summed E-state index contributed by atoms with van der Waals surface area (Å²) >= 11 is 0. The number of pyridine rings is 1. The second kappa shape index (κ2) is 7.72. The number of piperazine rings is 1. The van der Waals surface area contributed by atoms with Gasteiger partial charge in [-0.3, -0.25) is 9.48 Å². The lowest BCUT2D eigenvalue weighted by molar-refractivity contribution is 0.0699. The van der Waals surface area contributed by atoms with E-state index in [4.69, 9.17) is 0 Å². The van der Waals surface area contributed by atoms with Crippen LogP contribution in [0.1, 0.15) is 32.9 Å². The summed E-state index contributed by atoms with van der Waals surface area (Å²) in [4.78, 5) is 19.9. The van der Waals surface area contributed by atoms with Gasteiger partial charge in [0, 0.05) is 38.9 Å². The van der Waals surface area contributed by atoms with Crippen molar-refractivity contribution in [3.63, 3.8) is 0 Å². The Labute approximate surface area is 182 Å². The van der Waals surface area contributed by atoms with Gasteiger partial charge in [0.25, 0.3) is 5.91 Å². The van der Waals surface area contributed by atoms with E-state index in [0.29, 0.717) is 29.2 Å². The van der Waals surface area contributed by atoms with Crippen molar-refractivity contribution in [3.8, 4) is 0 Å². The van der Waals surface area contributed by atoms with Crippen molar-refractivity contribution < 1.29 is 13.2 Å². The summed E-state index contributed by atoms with van der Waals surface area (Å²) < 4.78 is 29.5. The smallest absolute Gasteiger partial charge is 0.254 e. The minimum absolute atomic E-state index is 0.115. The first kappa shape index (κ1) is 21.5. The molecule has 1 aromatic carbocycles. The van der Waals surface area contributed by atoms with Crippen LogP contribution in [0.4, 0.5) is 0 Å². The Bertz CT molecular complexity index is 1290. The van der Waals surface area contributed by atoms with Crippen molar-refractivity contribution in [2.45, 2.75) is 32.6 Å². The molecule has 4 rings (SSSR count). The molecule has 1 saturated heterocycles. The molecule has 2 aromatic heterocycles. The van der Waals surface area contributed by atoms with E-state index in [1.54, 1.807) is 28.6 Å². The highest BCUT2D eigenvalue weighted by Crippen LogP contribution is 2.25. The molecule has 0 bridgehead atoms. The third kappa shape index (κ3) is 3.72. The van der Waals surface area contributed by atoms with Gasteiger partial charge < -0.3 is 4.90 Å². The number of amides is 1. The highest BCUT2D eigenvalue weighted by molar-refractivity contribution is 7.89. The molecule has 1 aliphatic heterocycles. The van der Waals surface area contributed by atoms with Crippen LogP contribution >= 0.6 is 0 Å². The summed E-state index contributed by atoms with van der Waals surface area (Å²) in [5.41, 5.74) is 4.38. The average molecular weight is 442 g/mol. The first-order chi connectivity index (χ1) is 14.6. The molecule has 1 fully saturated rings. The summed E-state index contributed by atoms with van der Waals surface area (Å²) in [6.07, 6.45) is 0. The molecular weight excluding hydrogens is 414 g/mol. The predicted octanol–water partition coefficient (Wildman–Crippen LogP) is 2.35. The number of nitrogens with zero attached hydrogens (tertiary/aromatic N) is 5. The third-order valence-corrected chi connectivity index (χ3v) is 7.86. The van der Waals surface area contributed by atoms with E-state index in [9.17, 15) is 13.2 Å². The third-order valence-electron chi connectivity index (χ3n) is 5.81. The number of benzene rings is 1.